The van der Waals surface area contributed by atoms with Crippen LogP contribution in [0, 0.1) is 10.1 Å². The quantitative estimate of drug-likeness (QED) is 0.348. The van der Waals surface area contributed by atoms with Crippen LogP contribution in [0.15, 0.2) is 18.2 Å². The van der Waals surface area contributed by atoms with Crippen LogP contribution in [-0.2, 0) is 26.1 Å². The summed E-state index contributed by atoms with van der Waals surface area (Å²) in [5.41, 5.74) is 6.31. The second-order valence-electron chi connectivity index (χ2n) is 2.14. The number of non-ortho nitro benzene ring substituents is 1. The maximum atomic E-state index is 10.3. The number of hydrogen-bond donors (Lipinski definition) is 1. The molecule has 1 rings (SSSR count). The third-order valence-electron chi connectivity index (χ3n) is 1.34. The average Bonchev–Trinajstić information content (AvgIpc) is 1.94. The van der Waals surface area contributed by atoms with E-state index in [0.29, 0.717) is 31.8 Å². The van der Waals surface area contributed by atoms with Crippen molar-refractivity contribution < 1.29 is 31.0 Å². The number of anilines is 1. The first-order valence-corrected chi connectivity index (χ1v) is 5.72. The number of nitro benzene ring substituents is 1. The summed E-state index contributed by atoms with van der Waals surface area (Å²) >= 11 is 0.342. The molecule has 0 aliphatic rings. The molecule has 0 radical (unpaired) electrons. The Labute approximate surface area is 79.5 Å². The van der Waals surface area contributed by atoms with Crippen LogP contribution in [0.1, 0.15) is 0 Å². The topological polar surface area (TPSA) is 69.2 Å². The van der Waals surface area contributed by atoms with Crippen molar-refractivity contribution >= 4 is 14.4 Å². The van der Waals surface area contributed by atoms with E-state index in [9.17, 15) is 10.1 Å². The predicted octanol–water partition coefficient (Wildman–Crippen LogP) is 0.349. The van der Waals surface area contributed by atoms with Gasteiger partial charge in [-0.3, -0.25) is 0 Å². The minimum absolute atomic E-state index is 0.129. The van der Waals surface area contributed by atoms with E-state index in [4.69, 9.17) is 5.73 Å². The van der Waals surface area contributed by atoms with Gasteiger partial charge < -0.3 is 0 Å². The Hall–Kier alpha value is -0.645. The van der Waals surface area contributed by atoms with Crippen molar-refractivity contribution in [3.8, 4) is 0 Å². The van der Waals surface area contributed by atoms with Gasteiger partial charge in [0.1, 0.15) is 0 Å². The SMILES string of the molecule is Nc1ccc([N+](=O)[O-])c[c]1[Hg]. The van der Waals surface area contributed by atoms with Crippen molar-refractivity contribution in [2.75, 3.05) is 5.73 Å². The zero-order valence-corrected chi connectivity index (χ0v) is 11.3. The normalized spacial score (nSPS) is 9.64. The molecule has 0 heterocycles. The van der Waals surface area contributed by atoms with Crippen molar-refractivity contribution in [1.29, 1.82) is 0 Å². The van der Waals surface area contributed by atoms with Crippen molar-refractivity contribution in [3.05, 3.63) is 28.3 Å². The molecule has 0 bridgehead atoms. The van der Waals surface area contributed by atoms with Gasteiger partial charge in [-0.15, -0.1) is 0 Å². The molecule has 0 saturated carbocycles. The predicted molar refractivity (Wildman–Crippen MR) is 37.1 cm³/mol. The van der Waals surface area contributed by atoms with E-state index in [1.165, 1.54) is 6.07 Å². The van der Waals surface area contributed by atoms with Crippen molar-refractivity contribution in [2.45, 2.75) is 0 Å². The standard InChI is InChI=1S/C6H5N2O2.Hg/c7-5-1-3-6(4-2-5)8(9)10;/h1,3-4H,7H2;. The molecule has 4 nitrogen and oxygen atoms in total. The summed E-state index contributed by atoms with van der Waals surface area (Å²) in [7, 11) is 0. The van der Waals surface area contributed by atoms with Gasteiger partial charge in [0.15, 0.2) is 0 Å². The van der Waals surface area contributed by atoms with Crippen molar-refractivity contribution in [1.82, 2.24) is 0 Å². The molecule has 0 fully saturated rings. The molecule has 0 aromatic heterocycles. The fourth-order valence-electron chi connectivity index (χ4n) is 0.706. The number of nitro groups is 1. The summed E-state index contributed by atoms with van der Waals surface area (Å²) in [6.45, 7) is 0. The van der Waals surface area contributed by atoms with Gasteiger partial charge in [0.05, 0.1) is 0 Å². The van der Waals surface area contributed by atoms with Gasteiger partial charge in [-0.05, 0) is 0 Å². The maximum absolute atomic E-state index is 10.3. The Kier molecular flexibility index (Phi) is 2.43. The summed E-state index contributed by atoms with van der Waals surface area (Å²) in [5, 5.41) is 10.3. The van der Waals surface area contributed by atoms with E-state index in [2.05, 4.69) is 0 Å². The van der Waals surface area contributed by atoms with Gasteiger partial charge in [-0.2, -0.15) is 0 Å². The Morgan fingerprint density at radius 1 is 1.55 bits per heavy atom. The minimum atomic E-state index is -0.407. The molecule has 0 unspecified atom stereocenters. The van der Waals surface area contributed by atoms with Crippen LogP contribution < -0.4 is 8.81 Å². The first-order valence-electron chi connectivity index (χ1n) is 2.97. The van der Waals surface area contributed by atoms with E-state index in [0.717, 1.165) is 3.07 Å². The molecule has 1 aromatic rings. The first-order chi connectivity index (χ1) is 5.11. The van der Waals surface area contributed by atoms with Gasteiger partial charge >= 0.3 is 79.5 Å². The Morgan fingerprint density at radius 3 is 2.64 bits per heavy atom. The molecule has 0 amide bonds. The number of hydrogen-bond acceptors (Lipinski definition) is 3. The molecule has 0 saturated heterocycles. The van der Waals surface area contributed by atoms with Crippen LogP contribution in [-0.4, -0.2) is 4.92 Å². The van der Waals surface area contributed by atoms with Crippen LogP contribution in [0.25, 0.3) is 0 Å². The Morgan fingerprint density at radius 2 is 2.18 bits per heavy atom. The molecule has 5 heteroatoms. The Balaban J connectivity index is 3.15. The molecule has 0 aliphatic carbocycles. The molecule has 53 valence electrons. The van der Waals surface area contributed by atoms with E-state index in [-0.39, 0.29) is 5.69 Å². The molecule has 0 atom stereocenters. The monoisotopic (exact) mass is 339 g/mol. The van der Waals surface area contributed by atoms with E-state index in [1.54, 1.807) is 12.1 Å². The van der Waals surface area contributed by atoms with Crippen molar-refractivity contribution in [3.63, 3.8) is 0 Å². The van der Waals surface area contributed by atoms with Gasteiger partial charge in [-0.25, -0.2) is 0 Å². The summed E-state index contributed by atoms with van der Waals surface area (Å²) in [6.07, 6.45) is 0. The number of nitrogens with two attached hydrogens (primary N) is 1. The summed E-state index contributed by atoms with van der Waals surface area (Å²) in [4.78, 5) is 9.84. The zero-order chi connectivity index (χ0) is 8.43. The van der Waals surface area contributed by atoms with E-state index in [1.807, 2.05) is 0 Å². The van der Waals surface area contributed by atoms with Crippen LogP contribution >= 0.6 is 0 Å². The molecule has 2 N–H and O–H groups in total. The zero-order valence-electron chi connectivity index (χ0n) is 5.78. The number of benzene rings is 1. The molecule has 0 spiro atoms. The summed E-state index contributed by atoms with van der Waals surface area (Å²) < 4.78 is 0.930. The summed E-state index contributed by atoms with van der Waals surface area (Å²) in [5.74, 6) is 0. The summed E-state index contributed by atoms with van der Waals surface area (Å²) in [6, 6.07) is 4.55. The molecular formula is C6H5HgN2O2. The van der Waals surface area contributed by atoms with Crippen LogP contribution in [0.4, 0.5) is 11.4 Å². The number of nitrogen functional groups attached to an aromatic ring is 1. The van der Waals surface area contributed by atoms with Gasteiger partial charge in [0.25, 0.3) is 0 Å². The molecular weight excluding hydrogens is 333 g/mol. The first kappa shape index (κ1) is 8.45. The molecule has 0 aliphatic heterocycles. The van der Waals surface area contributed by atoms with E-state index >= 15 is 0 Å². The molecule has 11 heavy (non-hydrogen) atoms. The van der Waals surface area contributed by atoms with E-state index < -0.39 is 4.92 Å². The van der Waals surface area contributed by atoms with Gasteiger partial charge in [0, 0.05) is 0 Å². The third kappa shape index (κ3) is 1.89. The number of rotatable bonds is 1. The Bertz CT molecular complexity index is 301. The third-order valence-corrected chi connectivity index (χ3v) is 3.72. The fraction of sp³-hybridized carbons (Fsp3) is 0. The van der Waals surface area contributed by atoms with Crippen LogP contribution in [0.5, 0.6) is 0 Å². The van der Waals surface area contributed by atoms with Gasteiger partial charge in [0.2, 0.25) is 0 Å². The van der Waals surface area contributed by atoms with Gasteiger partial charge in [-0.1, -0.05) is 0 Å². The van der Waals surface area contributed by atoms with Crippen LogP contribution in [0.3, 0.4) is 0 Å². The fourth-order valence-corrected chi connectivity index (χ4v) is 1.98. The molecule has 1 aromatic carbocycles. The van der Waals surface area contributed by atoms with Crippen LogP contribution in [0.2, 0.25) is 0 Å². The number of nitrogens with zero attached hydrogens (tertiary/aromatic N) is 1. The van der Waals surface area contributed by atoms with Crippen molar-refractivity contribution in [2.24, 2.45) is 0 Å². The average molecular weight is 338 g/mol. The second-order valence-corrected chi connectivity index (χ2v) is 5.10. The second kappa shape index (κ2) is 3.17.